The minimum atomic E-state index is -4.45. The zero-order valence-corrected chi connectivity index (χ0v) is 30.1. The smallest absolute Gasteiger partial charge is 0.267 e. The van der Waals surface area contributed by atoms with Gasteiger partial charge in [0.05, 0.1) is 17.9 Å². The minimum Gasteiger partial charge on any atom is -0.387 e. The summed E-state index contributed by atoms with van der Waals surface area (Å²) in [5.41, 5.74) is 0. The van der Waals surface area contributed by atoms with Crippen LogP contribution in [-0.4, -0.2) is 53.1 Å². The van der Waals surface area contributed by atoms with E-state index in [-0.39, 0.29) is 6.42 Å². The van der Waals surface area contributed by atoms with Gasteiger partial charge in [-0.2, -0.15) is 8.42 Å². The fourth-order valence-electron chi connectivity index (χ4n) is 5.23. The van der Waals surface area contributed by atoms with Crippen LogP contribution in [0.15, 0.2) is 48.6 Å². The van der Waals surface area contributed by atoms with Gasteiger partial charge in [0.25, 0.3) is 10.1 Å². The van der Waals surface area contributed by atoms with Crippen molar-refractivity contribution >= 4 is 16.0 Å². The van der Waals surface area contributed by atoms with E-state index in [0.29, 0.717) is 12.8 Å². The summed E-state index contributed by atoms with van der Waals surface area (Å²) < 4.78 is 32.4. The third kappa shape index (κ3) is 30.9. The van der Waals surface area contributed by atoms with E-state index in [0.717, 1.165) is 51.4 Å². The molecule has 0 aliphatic heterocycles. The lowest BCUT2D eigenvalue weighted by Crippen LogP contribution is -2.50. The van der Waals surface area contributed by atoms with E-state index in [4.69, 9.17) is 0 Å². The molecule has 0 radical (unpaired) electrons. The van der Waals surface area contributed by atoms with Crippen molar-refractivity contribution in [2.24, 2.45) is 0 Å². The lowest BCUT2D eigenvalue weighted by Gasteiger charge is -2.22. The number of rotatable bonds is 32. The van der Waals surface area contributed by atoms with Crippen LogP contribution in [0.3, 0.4) is 0 Å². The number of nitrogens with one attached hydrogen (secondary N) is 1. The highest BCUT2D eigenvalue weighted by Crippen LogP contribution is 2.12. The summed E-state index contributed by atoms with van der Waals surface area (Å²) in [6, 6.07) is -1.25. The Balaban J connectivity index is 4.22. The molecule has 0 aliphatic carbocycles. The van der Waals surface area contributed by atoms with Crippen molar-refractivity contribution in [3.05, 3.63) is 48.6 Å². The standard InChI is InChI=1S/C38H69NO6S/c1-3-5-7-9-11-13-15-17-19-21-22-24-26-28-30-32-36(40)35(34-46(43,44)45)39-38(42)37(41)33-31-29-27-25-23-20-18-16-14-12-10-8-6-4-2/h12,14,16,18,22,24,30,32,35-37,40-41H,3-11,13,15,17,19-21,23,25-29,31,33-34H2,1-2H3,(H,39,42)(H,43,44,45)/b14-12-,18-16-,24-22+,32-30+. The Bertz CT molecular complexity index is 927. The highest BCUT2D eigenvalue weighted by molar-refractivity contribution is 7.85. The molecule has 4 N–H and O–H groups in total. The molecular weight excluding hydrogens is 598 g/mol. The molecule has 0 saturated carbocycles. The number of hydrogen-bond acceptors (Lipinski definition) is 5. The van der Waals surface area contributed by atoms with E-state index in [1.807, 2.05) is 0 Å². The SMILES string of the molecule is CCCCC/C=C\C=C/CCCCCCCC(O)C(=O)NC(CS(=O)(=O)O)C(O)/C=C/CC/C=C/CCCCCCCCCCC. The first kappa shape index (κ1) is 44.3. The number of hydrogen-bond donors (Lipinski definition) is 4. The van der Waals surface area contributed by atoms with Gasteiger partial charge in [-0.05, 0) is 57.8 Å². The van der Waals surface area contributed by atoms with Gasteiger partial charge in [0, 0.05) is 0 Å². The van der Waals surface area contributed by atoms with Gasteiger partial charge in [-0.1, -0.05) is 152 Å². The average Bonchev–Trinajstić information content (AvgIpc) is 3.01. The van der Waals surface area contributed by atoms with E-state index >= 15 is 0 Å². The Labute approximate surface area is 282 Å². The number of carbonyl (C=O) groups is 1. The topological polar surface area (TPSA) is 124 Å². The van der Waals surface area contributed by atoms with Crippen molar-refractivity contribution < 1.29 is 28.0 Å². The van der Waals surface area contributed by atoms with Crippen molar-refractivity contribution in [2.45, 2.75) is 180 Å². The highest BCUT2D eigenvalue weighted by atomic mass is 32.2. The number of unbranched alkanes of at least 4 members (excludes halogenated alkanes) is 18. The molecule has 0 saturated heterocycles. The second-order valence-electron chi connectivity index (χ2n) is 12.7. The molecule has 0 aromatic carbocycles. The number of amides is 1. The molecule has 0 bridgehead atoms. The van der Waals surface area contributed by atoms with Crippen molar-refractivity contribution in [2.75, 3.05) is 5.75 Å². The first-order valence-corrected chi connectivity index (χ1v) is 20.1. The monoisotopic (exact) mass is 667 g/mol. The van der Waals surface area contributed by atoms with Crippen LogP contribution in [0.1, 0.15) is 162 Å². The summed E-state index contributed by atoms with van der Waals surface area (Å²) in [6.45, 7) is 4.45. The molecule has 268 valence electrons. The third-order valence-electron chi connectivity index (χ3n) is 8.11. The summed E-state index contributed by atoms with van der Waals surface area (Å²) >= 11 is 0. The molecule has 1 amide bonds. The molecule has 3 atom stereocenters. The van der Waals surface area contributed by atoms with Gasteiger partial charge in [-0.15, -0.1) is 0 Å². The van der Waals surface area contributed by atoms with Gasteiger partial charge in [0.1, 0.15) is 6.10 Å². The highest BCUT2D eigenvalue weighted by Gasteiger charge is 2.27. The van der Waals surface area contributed by atoms with Gasteiger partial charge in [0.15, 0.2) is 0 Å². The molecule has 0 aromatic heterocycles. The summed E-state index contributed by atoms with van der Waals surface area (Å²) in [5.74, 6) is -1.58. The molecule has 7 nitrogen and oxygen atoms in total. The van der Waals surface area contributed by atoms with E-state index < -0.39 is 40.0 Å². The van der Waals surface area contributed by atoms with Crippen LogP contribution in [0, 0.1) is 0 Å². The maximum atomic E-state index is 12.5. The zero-order chi connectivity index (χ0) is 34.1. The fourth-order valence-corrected chi connectivity index (χ4v) is 5.96. The molecule has 8 heteroatoms. The van der Waals surface area contributed by atoms with Crippen LogP contribution in [0.4, 0.5) is 0 Å². The second kappa shape index (κ2) is 31.8. The van der Waals surface area contributed by atoms with E-state index in [1.54, 1.807) is 6.08 Å². The summed E-state index contributed by atoms with van der Waals surface area (Å²) in [4.78, 5) is 12.5. The quantitative estimate of drug-likeness (QED) is 0.0245. The largest absolute Gasteiger partial charge is 0.387 e. The van der Waals surface area contributed by atoms with Crippen LogP contribution in [0.5, 0.6) is 0 Å². The van der Waals surface area contributed by atoms with E-state index in [9.17, 15) is 28.0 Å². The first-order valence-electron chi connectivity index (χ1n) is 18.5. The van der Waals surface area contributed by atoms with Gasteiger partial charge >= 0.3 is 0 Å². The minimum absolute atomic E-state index is 0.254. The van der Waals surface area contributed by atoms with Crippen molar-refractivity contribution in [1.82, 2.24) is 5.32 Å². The van der Waals surface area contributed by atoms with Gasteiger partial charge in [-0.25, -0.2) is 0 Å². The predicted molar refractivity (Wildman–Crippen MR) is 194 cm³/mol. The number of allylic oxidation sites excluding steroid dienone is 7. The molecule has 46 heavy (non-hydrogen) atoms. The second-order valence-corrected chi connectivity index (χ2v) is 14.2. The maximum absolute atomic E-state index is 12.5. The Morgan fingerprint density at radius 2 is 1.04 bits per heavy atom. The first-order chi connectivity index (χ1) is 22.2. The van der Waals surface area contributed by atoms with Gasteiger partial charge in [-0.3, -0.25) is 9.35 Å². The number of aliphatic hydroxyl groups excluding tert-OH is 2. The molecule has 0 fully saturated rings. The van der Waals surface area contributed by atoms with Crippen LogP contribution in [-0.2, 0) is 14.9 Å². The van der Waals surface area contributed by atoms with Crippen molar-refractivity contribution in [3.8, 4) is 0 Å². The molecular formula is C38H69NO6S. The third-order valence-corrected chi connectivity index (χ3v) is 8.89. The van der Waals surface area contributed by atoms with E-state index in [1.165, 1.54) is 83.1 Å². The lowest BCUT2D eigenvalue weighted by atomic mass is 10.1. The molecule has 0 spiro atoms. The normalized spacial score (nSPS) is 14.6. The summed E-state index contributed by atoms with van der Waals surface area (Å²) in [6.07, 6.45) is 38.8. The summed E-state index contributed by atoms with van der Waals surface area (Å²) in [7, 11) is -4.45. The Morgan fingerprint density at radius 3 is 1.61 bits per heavy atom. The summed E-state index contributed by atoms with van der Waals surface area (Å²) in [5, 5.41) is 23.3. The Kier molecular flexibility index (Phi) is 30.6. The number of aliphatic hydroxyl groups is 2. The van der Waals surface area contributed by atoms with Crippen molar-refractivity contribution in [1.29, 1.82) is 0 Å². The number of carbonyl (C=O) groups excluding carboxylic acids is 1. The molecule has 3 unspecified atom stereocenters. The zero-order valence-electron chi connectivity index (χ0n) is 29.3. The molecule has 0 heterocycles. The fraction of sp³-hybridized carbons (Fsp3) is 0.763. The van der Waals surface area contributed by atoms with Crippen LogP contribution >= 0.6 is 0 Å². The Hall–Kier alpha value is -1.74. The molecule has 0 aromatic rings. The predicted octanol–water partition coefficient (Wildman–Crippen LogP) is 9.32. The Morgan fingerprint density at radius 1 is 0.609 bits per heavy atom. The molecule has 0 aliphatic rings. The van der Waals surface area contributed by atoms with Gasteiger partial charge in [0.2, 0.25) is 5.91 Å². The average molecular weight is 668 g/mol. The van der Waals surface area contributed by atoms with Crippen LogP contribution < -0.4 is 5.32 Å². The lowest BCUT2D eigenvalue weighted by molar-refractivity contribution is -0.130. The molecule has 0 rings (SSSR count). The maximum Gasteiger partial charge on any atom is 0.267 e. The van der Waals surface area contributed by atoms with Gasteiger partial charge < -0.3 is 15.5 Å². The van der Waals surface area contributed by atoms with Crippen molar-refractivity contribution in [3.63, 3.8) is 0 Å². The van der Waals surface area contributed by atoms with E-state index in [2.05, 4.69) is 55.6 Å². The van der Waals surface area contributed by atoms with Crippen LogP contribution in [0.25, 0.3) is 0 Å². The van der Waals surface area contributed by atoms with Crippen LogP contribution in [0.2, 0.25) is 0 Å².